The van der Waals surface area contributed by atoms with E-state index in [1.165, 1.54) is 23.5 Å². The summed E-state index contributed by atoms with van der Waals surface area (Å²) >= 11 is 1.39. The summed E-state index contributed by atoms with van der Waals surface area (Å²) in [7, 11) is 0. The molecule has 0 saturated carbocycles. The number of fused-ring (bicyclic) bond motifs is 1. The number of H-pyrrole nitrogens is 1. The van der Waals surface area contributed by atoms with E-state index in [1.54, 1.807) is 23.1 Å². The van der Waals surface area contributed by atoms with Crippen molar-refractivity contribution in [3.05, 3.63) is 52.4 Å². The predicted octanol–water partition coefficient (Wildman–Crippen LogP) is 2.99. The number of halogens is 1. The maximum Gasteiger partial charge on any atom is 0.272 e. The number of ether oxygens (including phenoxy) is 1. The van der Waals surface area contributed by atoms with E-state index in [2.05, 4.69) is 20.5 Å². The van der Waals surface area contributed by atoms with Crippen LogP contribution in [0.2, 0.25) is 0 Å². The maximum absolute atomic E-state index is 13.1. The minimum atomic E-state index is -0.408. The van der Waals surface area contributed by atoms with Crippen LogP contribution in [0.3, 0.4) is 0 Å². The van der Waals surface area contributed by atoms with Crippen LogP contribution in [0.15, 0.2) is 30.3 Å². The molecule has 4 heterocycles. The number of nitrogens with one attached hydrogen (secondary N) is 2. The molecular weight excluding hydrogens is 421 g/mol. The number of hydrogen-bond acceptors (Lipinski definition) is 6. The molecule has 2 aliphatic heterocycles. The maximum atomic E-state index is 13.1. The van der Waals surface area contributed by atoms with Crippen molar-refractivity contribution in [2.75, 3.05) is 18.5 Å². The molecule has 1 fully saturated rings. The van der Waals surface area contributed by atoms with Crippen LogP contribution >= 0.6 is 11.3 Å². The fourth-order valence-electron chi connectivity index (χ4n) is 3.76. The minimum Gasteiger partial charge on any atom is -0.368 e. The molecule has 1 aromatic carbocycles. The lowest BCUT2D eigenvalue weighted by Crippen LogP contribution is -2.35. The number of anilines is 1. The standard InChI is InChI=1S/C21H20FN5O3S/c22-13-5-3-12(4-6-13)15-10-16(26-25-15)20(29)27-8-7-14-18(11-27)31-21(23-14)24-19(28)17-2-1-9-30-17/h3-6,10,17H,1-2,7-9,11H2,(H,25,26)(H,23,24,28). The van der Waals surface area contributed by atoms with E-state index in [-0.39, 0.29) is 17.6 Å². The van der Waals surface area contributed by atoms with E-state index in [0.29, 0.717) is 42.6 Å². The molecule has 0 bridgehead atoms. The fraction of sp³-hybridized carbons (Fsp3) is 0.333. The van der Waals surface area contributed by atoms with Gasteiger partial charge in [-0.25, -0.2) is 9.37 Å². The first-order valence-electron chi connectivity index (χ1n) is 10.1. The topological polar surface area (TPSA) is 100 Å². The average molecular weight is 441 g/mol. The van der Waals surface area contributed by atoms with Gasteiger partial charge in [0.05, 0.1) is 17.9 Å². The van der Waals surface area contributed by atoms with E-state index < -0.39 is 6.10 Å². The first kappa shape index (κ1) is 19.8. The number of carbonyl (C=O) groups is 2. The van der Waals surface area contributed by atoms with Gasteiger partial charge in [0, 0.05) is 30.0 Å². The van der Waals surface area contributed by atoms with Crippen LogP contribution in [-0.4, -0.2) is 51.2 Å². The first-order valence-corrected chi connectivity index (χ1v) is 10.9. The van der Waals surface area contributed by atoms with Crippen LogP contribution in [0.4, 0.5) is 9.52 Å². The Morgan fingerprint density at radius 1 is 1.29 bits per heavy atom. The third-order valence-corrected chi connectivity index (χ3v) is 6.42. The Balaban J connectivity index is 1.26. The summed E-state index contributed by atoms with van der Waals surface area (Å²) < 4.78 is 18.5. The molecule has 1 saturated heterocycles. The lowest BCUT2D eigenvalue weighted by atomic mass is 10.1. The van der Waals surface area contributed by atoms with Crippen molar-refractivity contribution in [1.82, 2.24) is 20.1 Å². The number of amides is 2. The van der Waals surface area contributed by atoms with Crippen LogP contribution < -0.4 is 5.32 Å². The van der Waals surface area contributed by atoms with Gasteiger partial charge in [0.1, 0.15) is 17.6 Å². The number of benzene rings is 1. The Kier molecular flexibility index (Phi) is 5.24. The predicted molar refractivity (Wildman–Crippen MR) is 112 cm³/mol. The van der Waals surface area contributed by atoms with Gasteiger partial charge in [-0.1, -0.05) is 11.3 Å². The Morgan fingerprint density at radius 2 is 2.13 bits per heavy atom. The van der Waals surface area contributed by atoms with Crippen LogP contribution in [0, 0.1) is 5.82 Å². The Morgan fingerprint density at radius 3 is 2.90 bits per heavy atom. The summed E-state index contributed by atoms with van der Waals surface area (Å²) in [5.41, 5.74) is 2.59. The summed E-state index contributed by atoms with van der Waals surface area (Å²) in [6, 6.07) is 7.63. The van der Waals surface area contributed by atoms with Gasteiger partial charge in [0.25, 0.3) is 11.8 Å². The minimum absolute atomic E-state index is 0.162. The van der Waals surface area contributed by atoms with E-state index in [1.807, 2.05) is 0 Å². The molecule has 0 radical (unpaired) electrons. The van der Waals surface area contributed by atoms with E-state index in [0.717, 1.165) is 29.0 Å². The van der Waals surface area contributed by atoms with Crippen LogP contribution in [0.1, 0.15) is 33.9 Å². The van der Waals surface area contributed by atoms with Crippen molar-refractivity contribution in [3.63, 3.8) is 0 Å². The zero-order chi connectivity index (χ0) is 21.4. The molecule has 1 unspecified atom stereocenters. The number of aromatic amines is 1. The van der Waals surface area contributed by atoms with Crippen LogP contribution in [0.25, 0.3) is 11.3 Å². The third-order valence-electron chi connectivity index (χ3n) is 5.42. The van der Waals surface area contributed by atoms with Gasteiger partial charge in [-0.05, 0) is 43.2 Å². The quantitative estimate of drug-likeness (QED) is 0.648. The Labute approximate surface area is 181 Å². The molecule has 8 nitrogen and oxygen atoms in total. The average Bonchev–Trinajstić information content (AvgIpc) is 3.53. The molecule has 3 aromatic rings. The van der Waals surface area contributed by atoms with Crippen molar-refractivity contribution in [2.45, 2.75) is 31.9 Å². The van der Waals surface area contributed by atoms with Crippen molar-refractivity contribution in [2.24, 2.45) is 0 Å². The smallest absolute Gasteiger partial charge is 0.272 e. The summed E-state index contributed by atoms with van der Waals surface area (Å²) in [6.07, 6.45) is 1.82. The monoisotopic (exact) mass is 441 g/mol. The molecule has 0 aliphatic carbocycles. The molecule has 2 aromatic heterocycles. The van der Waals surface area contributed by atoms with Crippen LogP contribution in [-0.2, 0) is 22.5 Å². The zero-order valence-electron chi connectivity index (χ0n) is 16.6. The Bertz CT molecular complexity index is 1120. The molecular formula is C21H20FN5O3S. The van der Waals surface area contributed by atoms with Crippen molar-refractivity contribution in [1.29, 1.82) is 0 Å². The van der Waals surface area contributed by atoms with Crippen molar-refractivity contribution >= 4 is 28.3 Å². The number of rotatable bonds is 4. The highest BCUT2D eigenvalue weighted by molar-refractivity contribution is 7.15. The van der Waals surface area contributed by atoms with E-state index >= 15 is 0 Å². The van der Waals surface area contributed by atoms with E-state index in [4.69, 9.17) is 4.74 Å². The van der Waals surface area contributed by atoms with Crippen molar-refractivity contribution < 1.29 is 18.7 Å². The number of nitrogens with zero attached hydrogens (tertiary/aromatic N) is 3. The SMILES string of the molecule is O=C(Nc1nc2c(s1)CN(C(=O)c1cc(-c3ccc(F)cc3)n[nH]1)CC2)C1CCCO1. The van der Waals surface area contributed by atoms with Gasteiger partial charge in [-0.3, -0.25) is 20.0 Å². The van der Waals surface area contributed by atoms with Gasteiger partial charge in [0.2, 0.25) is 0 Å². The highest BCUT2D eigenvalue weighted by Gasteiger charge is 2.28. The molecule has 5 rings (SSSR count). The second-order valence-electron chi connectivity index (χ2n) is 7.53. The number of hydrogen-bond donors (Lipinski definition) is 2. The molecule has 31 heavy (non-hydrogen) atoms. The van der Waals surface area contributed by atoms with Gasteiger partial charge < -0.3 is 9.64 Å². The van der Waals surface area contributed by atoms with Gasteiger partial charge in [-0.2, -0.15) is 5.10 Å². The van der Waals surface area contributed by atoms with E-state index in [9.17, 15) is 14.0 Å². The number of thiazole rings is 1. The highest BCUT2D eigenvalue weighted by Crippen LogP contribution is 2.30. The summed E-state index contributed by atoms with van der Waals surface area (Å²) in [5, 5.41) is 10.4. The Hall–Kier alpha value is -3.11. The van der Waals surface area contributed by atoms with Crippen molar-refractivity contribution in [3.8, 4) is 11.3 Å². The largest absolute Gasteiger partial charge is 0.368 e. The van der Waals surface area contributed by atoms with Gasteiger partial charge in [0.15, 0.2) is 5.13 Å². The molecule has 1 atom stereocenters. The normalized spacial score (nSPS) is 18.1. The third kappa shape index (κ3) is 4.08. The lowest BCUT2D eigenvalue weighted by Gasteiger charge is -2.25. The fourth-order valence-corrected chi connectivity index (χ4v) is 4.79. The molecule has 2 aliphatic rings. The summed E-state index contributed by atoms with van der Waals surface area (Å²) in [4.78, 5) is 32.4. The van der Waals surface area contributed by atoms with Gasteiger partial charge in [-0.15, -0.1) is 0 Å². The van der Waals surface area contributed by atoms with Crippen LogP contribution in [0.5, 0.6) is 0 Å². The molecule has 160 valence electrons. The second kappa shape index (κ2) is 8.20. The zero-order valence-corrected chi connectivity index (χ0v) is 17.4. The van der Waals surface area contributed by atoms with Gasteiger partial charge >= 0.3 is 0 Å². The highest BCUT2D eigenvalue weighted by atomic mass is 32.1. The first-order chi connectivity index (χ1) is 15.1. The summed E-state index contributed by atoms with van der Waals surface area (Å²) in [6.45, 7) is 1.56. The number of carbonyl (C=O) groups excluding carboxylic acids is 2. The molecule has 10 heteroatoms. The number of aromatic nitrogens is 3. The summed E-state index contributed by atoms with van der Waals surface area (Å²) in [5.74, 6) is -0.650. The molecule has 2 N–H and O–H groups in total. The second-order valence-corrected chi connectivity index (χ2v) is 8.61. The lowest BCUT2D eigenvalue weighted by molar-refractivity contribution is -0.124. The molecule has 0 spiro atoms. The molecule has 2 amide bonds.